The number of methoxy groups -OCH3 is 1. The van der Waals surface area contributed by atoms with E-state index in [0.29, 0.717) is 18.0 Å². The second-order valence-corrected chi connectivity index (χ2v) is 12.2. The first-order valence-electron chi connectivity index (χ1n) is 14.7. The number of benzene rings is 2. The summed E-state index contributed by atoms with van der Waals surface area (Å²) >= 11 is 0. The van der Waals surface area contributed by atoms with Gasteiger partial charge in [-0.15, -0.1) is 0 Å². The van der Waals surface area contributed by atoms with Crippen LogP contribution in [-0.2, 0) is 17.7 Å². The number of aromatic nitrogens is 4. The standard InChI is InChI=1S/C33H42N6O/c1-19(2)24-10-8-20(3)30(16-24)38-13-12-28-27(18-38)33(39-22(5)14-25(40-7)15-23(39)6)36-32(35-28)31-21(4)9-11-29-26(31)17-34-37-29/h8-11,16-17,19,22-23,25H,12-15,18H2,1-7H3,(H,34,37)/t22-,23+,25+. The highest BCUT2D eigenvalue weighted by Gasteiger charge is 2.36. The number of piperidine rings is 1. The van der Waals surface area contributed by atoms with Crippen molar-refractivity contribution >= 4 is 22.4 Å². The van der Waals surface area contributed by atoms with Crippen molar-refractivity contribution in [3.63, 3.8) is 0 Å². The number of hydrogen-bond acceptors (Lipinski definition) is 6. The first-order valence-corrected chi connectivity index (χ1v) is 14.7. The Labute approximate surface area is 238 Å². The largest absolute Gasteiger partial charge is 0.381 e. The highest BCUT2D eigenvalue weighted by molar-refractivity contribution is 5.94. The van der Waals surface area contributed by atoms with Gasteiger partial charge >= 0.3 is 0 Å². The van der Waals surface area contributed by atoms with E-state index in [1.54, 1.807) is 0 Å². The van der Waals surface area contributed by atoms with E-state index in [1.165, 1.54) is 28.1 Å². The minimum atomic E-state index is 0.276. The highest BCUT2D eigenvalue weighted by Crippen LogP contribution is 2.39. The van der Waals surface area contributed by atoms with Gasteiger partial charge in [-0.05, 0) is 75.3 Å². The molecular formula is C33H42N6O. The van der Waals surface area contributed by atoms with E-state index in [-0.39, 0.29) is 6.10 Å². The number of nitrogens with one attached hydrogen (secondary N) is 1. The lowest BCUT2D eigenvalue weighted by Crippen LogP contribution is -2.50. The molecule has 0 saturated carbocycles. The van der Waals surface area contributed by atoms with Gasteiger partial charge in [0.1, 0.15) is 5.82 Å². The van der Waals surface area contributed by atoms with Crippen LogP contribution in [0.1, 0.15) is 74.4 Å². The molecule has 2 aliphatic heterocycles. The van der Waals surface area contributed by atoms with Crippen LogP contribution in [0.5, 0.6) is 0 Å². The molecule has 6 rings (SSSR count). The van der Waals surface area contributed by atoms with E-state index in [0.717, 1.165) is 66.0 Å². The Balaban J connectivity index is 1.50. The molecule has 1 saturated heterocycles. The fourth-order valence-corrected chi connectivity index (χ4v) is 6.81. The molecule has 7 heteroatoms. The van der Waals surface area contributed by atoms with Gasteiger partial charge in [-0.3, -0.25) is 5.10 Å². The van der Waals surface area contributed by atoms with Crippen LogP contribution in [0.25, 0.3) is 22.3 Å². The van der Waals surface area contributed by atoms with Crippen LogP contribution in [0, 0.1) is 13.8 Å². The quantitative estimate of drug-likeness (QED) is 0.304. The average molecular weight is 539 g/mol. The summed E-state index contributed by atoms with van der Waals surface area (Å²) in [6.07, 6.45) is 5.05. The third kappa shape index (κ3) is 4.64. The van der Waals surface area contributed by atoms with Gasteiger partial charge in [0.15, 0.2) is 5.82 Å². The molecule has 1 fully saturated rings. The molecule has 4 aromatic rings. The van der Waals surface area contributed by atoms with Crippen LogP contribution in [-0.4, -0.2) is 52.0 Å². The molecule has 3 atom stereocenters. The second kappa shape index (κ2) is 10.5. The summed E-state index contributed by atoms with van der Waals surface area (Å²) in [5.74, 6) is 2.38. The number of anilines is 2. The minimum absolute atomic E-state index is 0.276. The summed E-state index contributed by atoms with van der Waals surface area (Å²) in [7, 11) is 1.84. The SMILES string of the molecule is CO[C@H]1C[C@@H](C)N(c2nc(-c3c(C)ccc4[nH]ncc34)nc3c2CN(c2cc(C(C)C)ccc2C)CC3)[C@@H](C)C1. The number of fused-ring (bicyclic) bond motifs is 2. The number of aryl methyl sites for hydroxylation is 2. The first kappa shape index (κ1) is 26.8. The Bertz CT molecular complexity index is 1530. The van der Waals surface area contributed by atoms with Gasteiger partial charge in [-0.2, -0.15) is 5.10 Å². The molecule has 210 valence electrons. The lowest BCUT2D eigenvalue weighted by Gasteiger charge is -2.45. The van der Waals surface area contributed by atoms with Crippen molar-refractivity contribution in [2.45, 2.75) is 91.5 Å². The minimum Gasteiger partial charge on any atom is -0.381 e. The van der Waals surface area contributed by atoms with Crippen molar-refractivity contribution in [2.24, 2.45) is 0 Å². The molecule has 0 amide bonds. The van der Waals surface area contributed by atoms with Gasteiger partial charge in [0.2, 0.25) is 0 Å². The Morgan fingerprint density at radius 1 is 1.00 bits per heavy atom. The van der Waals surface area contributed by atoms with Gasteiger partial charge < -0.3 is 14.5 Å². The number of ether oxygens (including phenoxy) is 1. The average Bonchev–Trinajstić information content (AvgIpc) is 3.41. The van der Waals surface area contributed by atoms with Crippen LogP contribution in [0.4, 0.5) is 11.5 Å². The van der Waals surface area contributed by atoms with Crippen molar-refractivity contribution in [1.82, 2.24) is 20.2 Å². The molecule has 0 spiro atoms. The van der Waals surface area contributed by atoms with Crippen LogP contribution < -0.4 is 9.80 Å². The van der Waals surface area contributed by atoms with Crippen molar-refractivity contribution in [1.29, 1.82) is 0 Å². The molecule has 7 nitrogen and oxygen atoms in total. The van der Waals surface area contributed by atoms with Crippen molar-refractivity contribution in [3.8, 4) is 11.4 Å². The fraction of sp³-hybridized carbons (Fsp3) is 0.485. The number of hydrogen-bond donors (Lipinski definition) is 1. The Hall–Kier alpha value is -3.45. The molecule has 40 heavy (non-hydrogen) atoms. The van der Waals surface area contributed by atoms with E-state index in [2.05, 4.69) is 91.9 Å². The van der Waals surface area contributed by atoms with E-state index in [9.17, 15) is 0 Å². The Kier molecular flexibility index (Phi) is 7.03. The number of H-pyrrole nitrogens is 1. The summed E-state index contributed by atoms with van der Waals surface area (Å²) in [5.41, 5.74) is 9.70. The van der Waals surface area contributed by atoms with Gasteiger partial charge in [0, 0.05) is 60.9 Å². The maximum absolute atomic E-state index is 5.82. The monoisotopic (exact) mass is 538 g/mol. The third-order valence-electron chi connectivity index (χ3n) is 9.07. The lowest BCUT2D eigenvalue weighted by atomic mass is 9.93. The molecular weight excluding hydrogens is 496 g/mol. The summed E-state index contributed by atoms with van der Waals surface area (Å²) in [6, 6.07) is 11.8. The fourth-order valence-electron chi connectivity index (χ4n) is 6.81. The highest BCUT2D eigenvalue weighted by atomic mass is 16.5. The summed E-state index contributed by atoms with van der Waals surface area (Å²) in [5, 5.41) is 8.53. The predicted molar refractivity (Wildman–Crippen MR) is 163 cm³/mol. The molecule has 0 aliphatic carbocycles. The zero-order chi connectivity index (χ0) is 28.1. The zero-order valence-electron chi connectivity index (χ0n) is 25.0. The van der Waals surface area contributed by atoms with Gasteiger partial charge in [-0.1, -0.05) is 32.0 Å². The maximum atomic E-state index is 5.82. The normalized spacial score (nSPS) is 21.4. The molecule has 2 aliphatic rings. The molecule has 0 bridgehead atoms. The van der Waals surface area contributed by atoms with E-state index >= 15 is 0 Å². The van der Waals surface area contributed by atoms with E-state index in [1.807, 2.05) is 13.3 Å². The predicted octanol–water partition coefficient (Wildman–Crippen LogP) is 6.72. The smallest absolute Gasteiger partial charge is 0.162 e. The summed E-state index contributed by atoms with van der Waals surface area (Å²) in [4.78, 5) is 15.8. The van der Waals surface area contributed by atoms with E-state index < -0.39 is 0 Å². The zero-order valence-corrected chi connectivity index (χ0v) is 25.0. The third-order valence-corrected chi connectivity index (χ3v) is 9.07. The topological polar surface area (TPSA) is 70.2 Å². The molecule has 1 N–H and O–H groups in total. The number of nitrogens with zero attached hydrogens (tertiary/aromatic N) is 5. The van der Waals surface area contributed by atoms with Crippen molar-refractivity contribution < 1.29 is 4.74 Å². The lowest BCUT2D eigenvalue weighted by molar-refractivity contribution is 0.0611. The van der Waals surface area contributed by atoms with Crippen molar-refractivity contribution in [3.05, 3.63) is 64.5 Å². The Morgan fingerprint density at radius 2 is 1.75 bits per heavy atom. The van der Waals surface area contributed by atoms with Gasteiger partial charge in [-0.25, -0.2) is 9.97 Å². The molecule has 0 radical (unpaired) electrons. The molecule has 4 heterocycles. The van der Waals surface area contributed by atoms with Crippen LogP contribution in [0.15, 0.2) is 36.5 Å². The summed E-state index contributed by atoms with van der Waals surface area (Å²) < 4.78 is 5.82. The number of rotatable bonds is 5. The first-order chi connectivity index (χ1) is 19.2. The molecule has 0 unspecified atom stereocenters. The maximum Gasteiger partial charge on any atom is 0.162 e. The van der Waals surface area contributed by atoms with Crippen LogP contribution >= 0.6 is 0 Å². The van der Waals surface area contributed by atoms with Gasteiger partial charge in [0.05, 0.1) is 23.5 Å². The number of aromatic amines is 1. The Morgan fingerprint density at radius 3 is 2.48 bits per heavy atom. The van der Waals surface area contributed by atoms with Gasteiger partial charge in [0.25, 0.3) is 0 Å². The molecule has 2 aromatic carbocycles. The summed E-state index contributed by atoms with van der Waals surface area (Å²) in [6.45, 7) is 15.3. The van der Waals surface area contributed by atoms with Crippen LogP contribution in [0.3, 0.4) is 0 Å². The van der Waals surface area contributed by atoms with E-state index in [4.69, 9.17) is 14.7 Å². The van der Waals surface area contributed by atoms with Crippen molar-refractivity contribution in [2.75, 3.05) is 23.5 Å². The second-order valence-electron chi connectivity index (χ2n) is 12.2. The van der Waals surface area contributed by atoms with Crippen LogP contribution in [0.2, 0.25) is 0 Å². The molecule has 2 aromatic heterocycles.